The molecule has 0 fully saturated rings. The van der Waals surface area contributed by atoms with Crippen molar-refractivity contribution in [3.05, 3.63) is 54.1 Å². The molecule has 0 unspecified atom stereocenters. The van der Waals surface area contributed by atoms with E-state index in [1.54, 1.807) is 24.3 Å². The van der Waals surface area contributed by atoms with E-state index in [4.69, 9.17) is 5.73 Å². The number of rotatable bonds is 3. The maximum atomic E-state index is 12.0. The molecule has 2 rings (SSSR count). The van der Waals surface area contributed by atoms with Crippen molar-refractivity contribution in [2.24, 2.45) is 0 Å². The molecule has 0 spiro atoms. The van der Waals surface area contributed by atoms with E-state index in [-0.39, 0.29) is 6.03 Å². The summed E-state index contributed by atoms with van der Waals surface area (Å²) in [5, 5.41) is 5.65. The molecule has 4 nitrogen and oxygen atoms in total. The van der Waals surface area contributed by atoms with Gasteiger partial charge in [-0.2, -0.15) is 0 Å². The predicted molar refractivity (Wildman–Crippen MR) is 84.0 cm³/mol. The summed E-state index contributed by atoms with van der Waals surface area (Å²) in [5.74, 6) is 0.350. The van der Waals surface area contributed by atoms with Crippen LogP contribution in [0.1, 0.15) is 25.3 Å². The lowest BCUT2D eigenvalue weighted by Gasteiger charge is -2.14. The van der Waals surface area contributed by atoms with Crippen molar-refractivity contribution in [3.63, 3.8) is 0 Å². The highest BCUT2D eigenvalue weighted by Gasteiger charge is 2.08. The Morgan fingerprint density at radius 3 is 2.30 bits per heavy atom. The van der Waals surface area contributed by atoms with E-state index in [0.717, 1.165) is 11.3 Å². The molecule has 4 N–H and O–H groups in total. The van der Waals surface area contributed by atoms with Crippen LogP contribution in [0, 0.1) is 0 Å². The zero-order valence-corrected chi connectivity index (χ0v) is 11.7. The van der Waals surface area contributed by atoms with Crippen molar-refractivity contribution in [1.29, 1.82) is 0 Å². The Kier molecular flexibility index (Phi) is 4.25. The van der Waals surface area contributed by atoms with E-state index in [1.807, 2.05) is 24.3 Å². The molecule has 0 saturated carbocycles. The van der Waals surface area contributed by atoms with E-state index in [2.05, 4.69) is 24.5 Å². The number of nitrogens with one attached hydrogen (secondary N) is 2. The third kappa shape index (κ3) is 3.51. The highest BCUT2D eigenvalue weighted by Crippen LogP contribution is 2.23. The number of benzene rings is 2. The first-order valence-corrected chi connectivity index (χ1v) is 6.58. The molecule has 0 bridgehead atoms. The molecule has 0 saturated heterocycles. The van der Waals surface area contributed by atoms with Crippen molar-refractivity contribution < 1.29 is 4.79 Å². The van der Waals surface area contributed by atoms with Crippen LogP contribution in [0.5, 0.6) is 0 Å². The van der Waals surface area contributed by atoms with Crippen molar-refractivity contribution in [2.45, 2.75) is 19.8 Å². The molecule has 4 heteroatoms. The number of carbonyl (C=O) groups is 1. The number of carbonyl (C=O) groups excluding carboxylic acids is 1. The number of hydrogen-bond acceptors (Lipinski definition) is 2. The maximum Gasteiger partial charge on any atom is 0.323 e. The molecule has 2 aromatic carbocycles. The Morgan fingerprint density at radius 2 is 1.65 bits per heavy atom. The van der Waals surface area contributed by atoms with Crippen LogP contribution < -0.4 is 16.4 Å². The largest absolute Gasteiger partial charge is 0.399 e. The number of nitrogens with two attached hydrogens (primary N) is 1. The number of anilines is 3. The summed E-state index contributed by atoms with van der Waals surface area (Å²) >= 11 is 0. The topological polar surface area (TPSA) is 67.2 Å². The quantitative estimate of drug-likeness (QED) is 0.736. The number of para-hydroxylation sites is 1. The average molecular weight is 269 g/mol. The van der Waals surface area contributed by atoms with Gasteiger partial charge in [0.2, 0.25) is 0 Å². The third-order valence-corrected chi connectivity index (χ3v) is 3.00. The van der Waals surface area contributed by atoms with Gasteiger partial charge in [-0.25, -0.2) is 4.79 Å². The summed E-state index contributed by atoms with van der Waals surface area (Å²) < 4.78 is 0. The first-order chi connectivity index (χ1) is 9.56. The number of hydrogen-bond donors (Lipinski definition) is 3. The van der Waals surface area contributed by atoms with Gasteiger partial charge < -0.3 is 16.4 Å². The molecular formula is C16H19N3O. The smallest absolute Gasteiger partial charge is 0.323 e. The second-order valence-electron chi connectivity index (χ2n) is 4.94. The Hall–Kier alpha value is -2.49. The molecule has 0 radical (unpaired) electrons. The van der Waals surface area contributed by atoms with E-state index < -0.39 is 0 Å². The fourth-order valence-electron chi connectivity index (χ4n) is 1.97. The summed E-state index contributed by atoms with van der Waals surface area (Å²) in [6.07, 6.45) is 0. The first-order valence-electron chi connectivity index (χ1n) is 6.58. The van der Waals surface area contributed by atoms with E-state index in [1.165, 1.54) is 0 Å². The Labute approximate surface area is 119 Å². The first kappa shape index (κ1) is 13.9. The molecule has 2 amide bonds. The van der Waals surface area contributed by atoms with Crippen LogP contribution in [0.25, 0.3) is 0 Å². The fourth-order valence-corrected chi connectivity index (χ4v) is 1.97. The molecule has 0 heterocycles. The third-order valence-electron chi connectivity index (χ3n) is 3.00. The summed E-state index contributed by atoms with van der Waals surface area (Å²) in [4.78, 5) is 12.0. The van der Waals surface area contributed by atoms with Crippen LogP contribution in [0.4, 0.5) is 21.9 Å². The number of amides is 2. The molecular weight excluding hydrogens is 250 g/mol. The van der Waals surface area contributed by atoms with Crippen molar-refractivity contribution in [1.82, 2.24) is 0 Å². The second-order valence-corrected chi connectivity index (χ2v) is 4.94. The summed E-state index contributed by atoms with van der Waals surface area (Å²) in [5.41, 5.74) is 8.92. The molecule has 104 valence electrons. The van der Waals surface area contributed by atoms with Crippen LogP contribution in [0.3, 0.4) is 0 Å². The van der Waals surface area contributed by atoms with Gasteiger partial charge in [0.15, 0.2) is 0 Å². The molecule has 20 heavy (non-hydrogen) atoms. The minimum Gasteiger partial charge on any atom is -0.399 e. The van der Waals surface area contributed by atoms with Crippen molar-refractivity contribution in [2.75, 3.05) is 16.4 Å². The minimum absolute atomic E-state index is 0.261. The van der Waals surface area contributed by atoms with Gasteiger partial charge in [0.25, 0.3) is 0 Å². The van der Waals surface area contributed by atoms with Gasteiger partial charge in [0.05, 0.1) is 0 Å². The lowest BCUT2D eigenvalue weighted by molar-refractivity contribution is 0.262. The van der Waals surface area contributed by atoms with Crippen molar-refractivity contribution in [3.8, 4) is 0 Å². The number of urea groups is 1. The van der Waals surface area contributed by atoms with Gasteiger partial charge in [0, 0.05) is 17.1 Å². The van der Waals surface area contributed by atoms with Gasteiger partial charge in [-0.1, -0.05) is 32.0 Å². The zero-order valence-electron chi connectivity index (χ0n) is 11.7. The monoisotopic (exact) mass is 269 g/mol. The Bertz CT molecular complexity index is 591. The SMILES string of the molecule is CC(C)c1ccccc1NC(=O)Nc1ccc(N)cc1. The van der Waals surface area contributed by atoms with Gasteiger partial charge in [-0.15, -0.1) is 0 Å². The summed E-state index contributed by atoms with van der Waals surface area (Å²) in [6.45, 7) is 4.19. The second kappa shape index (κ2) is 6.10. The lowest BCUT2D eigenvalue weighted by atomic mass is 10.0. The van der Waals surface area contributed by atoms with Crippen LogP contribution in [0.15, 0.2) is 48.5 Å². The standard InChI is InChI=1S/C16H19N3O/c1-11(2)14-5-3-4-6-15(14)19-16(20)18-13-9-7-12(17)8-10-13/h3-11H,17H2,1-2H3,(H2,18,19,20). The van der Waals surface area contributed by atoms with Crippen LogP contribution in [-0.4, -0.2) is 6.03 Å². The molecule has 0 aromatic heterocycles. The molecule has 0 aliphatic carbocycles. The average Bonchev–Trinajstić information content (AvgIpc) is 2.41. The molecule has 2 aromatic rings. The van der Waals surface area contributed by atoms with Gasteiger partial charge in [-0.05, 0) is 41.8 Å². The highest BCUT2D eigenvalue weighted by atomic mass is 16.2. The lowest BCUT2D eigenvalue weighted by Crippen LogP contribution is -2.20. The highest BCUT2D eigenvalue weighted by molar-refractivity contribution is 6.00. The van der Waals surface area contributed by atoms with Crippen LogP contribution >= 0.6 is 0 Å². The Balaban J connectivity index is 2.07. The summed E-state index contributed by atoms with van der Waals surface area (Å²) in [6, 6.07) is 14.6. The normalized spacial score (nSPS) is 10.3. The predicted octanol–water partition coefficient (Wildman–Crippen LogP) is 4.04. The van der Waals surface area contributed by atoms with Crippen LogP contribution in [0.2, 0.25) is 0 Å². The van der Waals surface area contributed by atoms with E-state index in [9.17, 15) is 4.79 Å². The van der Waals surface area contributed by atoms with Gasteiger partial charge in [-0.3, -0.25) is 0 Å². The Morgan fingerprint density at radius 1 is 1.00 bits per heavy atom. The molecule has 0 atom stereocenters. The molecule has 0 aliphatic rings. The number of nitrogen functional groups attached to an aromatic ring is 1. The van der Waals surface area contributed by atoms with Gasteiger partial charge >= 0.3 is 6.03 Å². The van der Waals surface area contributed by atoms with Crippen molar-refractivity contribution >= 4 is 23.1 Å². The van der Waals surface area contributed by atoms with E-state index >= 15 is 0 Å². The fraction of sp³-hybridized carbons (Fsp3) is 0.188. The molecule has 0 aliphatic heterocycles. The van der Waals surface area contributed by atoms with Gasteiger partial charge in [0.1, 0.15) is 0 Å². The summed E-state index contributed by atoms with van der Waals surface area (Å²) in [7, 11) is 0. The maximum absolute atomic E-state index is 12.0. The van der Waals surface area contributed by atoms with E-state index in [0.29, 0.717) is 17.3 Å². The zero-order chi connectivity index (χ0) is 14.5. The minimum atomic E-state index is -0.261. The van der Waals surface area contributed by atoms with Crippen LogP contribution in [-0.2, 0) is 0 Å².